The number of aromatic nitrogens is 2. The van der Waals surface area contributed by atoms with Crippen LogP contribution in [0, 0.1) is 5.41 Å². The molecule has 2 rings (SSSR count). The summed E-state index contributed by atoms with van der Waals surface area (Å²) in [6, 6.07) is 1.46. The molecule has 1 aliphatic carbocycles. The lowest BCUT2D eigenvalue weighted by atomic mass is 9.70. The minimum atomic E-state index is -0.976. The van der Waals surface area contributed by atoms with Gasteiger partial charge in [0.15, 0.2) is 5.82 Å². The van der Waals surface area contributed by atoms with Gasteiger partial charge in [-0.3, -0.25) is 0 Å². The fraction of sp³-hybridized carbons (Fsp3) is 0.545. The van der Waals surface area contributed by atoms with Gasteiger partial charge in [0.2, 0.25) is 0 Å². The average molecular weight is 221 g/mol. The molecule has 1 fully saturated rings. The van der Waals surface area contributed by atoms with Crippen molar-refractivity contribution in [1.29, 1.82) is 0 Å². The molecule has 0 atom stereocenters. The first-order valence-electron chi connectivity index (χ1n) is 5.40. The first-order valence-corrected chi connectivity index (χ1v) is 5.40. The molecule has 86 valence electrons. The number of carbonyl (C=O) groups is 1. The smallest absolute Gasteiger partial charge is 0.339 e. The number of hydrogen-bond acceptors (Lipinski definition) is 4. The van der Waals surface area contributed by atoms with E-state index in [0.29, 0.717) is 5.82 Å². The number of carboxylic acid groups (broad SMARTS) is 1. The predicted molar refractivity (Wildman–Crippen MR) is 59.4 cm³/mol. The maximum atomic E-state index is 10.9. The van der Waals surface area contributed by atoms with Crippen molar-refractivity contribution in [3.63, 3.8) is 0 Å². The van der Waals surface area contributed by atoms with Crippen LogP contribution in [0.4, 0.5) is 5.82 Å². The van der Waals surface area contributed by atoms with Crippen molar-refractivity contribution >= 4 is 11.8 Å². The third kappa shape index (κ3) is 2.13. The lowest BCUT2D eigenvalue weighted by Crippen LogP contribution is -2.33. The Morgan fingerprint density at radius 3 is 2.94 bits per heavy atom. The fourth-order valence-electron chi connectivity index (χ4n) is 1.89. The summed E-state index contributed by atoms with van der Waals surface area (Å²) in [6.07, 6.45) is 5.01. The predicted octanol–water partition coefficient (Wildman–Crippen LogP) is 1.78. The number of aromatic carboxylic acids is 1. The van der Waals surface area contributed by atoms with Crippen LogP contribution < -0.4 is 5.32 Å². The van der Waals surface area contributed by atoms with Gasteiger partial charge >= 0.3 is 5.97 Å². The molecule has 0 aliphatic heterocycles. The molecule has 0 amide bonds. The molecule has 1 aliphatic rings. The van der Waals surface area contributed by atoms with Crippen LogP contribution in [0.5, 0.6) is 0 Å². The molecule has 1 aromatic rings. The zero-order chi connectivity index (χ0) is 11.6. The van der Waals surface area contributed by atoms with Gasteiger partial charge in [0.05, 0.1) is 6.20 Å². The SMILES string of the molecule is CC1(CNc2nnccc2C(=O)O)CCC1. The van der Waals surface area contributed by atoms with Crippen LogP contribution in [-0.2, 0) is 0 Å². The summed E-state index contributed by atoms with van der Waals surface area (Å²) in [4.78, 5) is 10.9. The second kappa shape index (κ2) is 4.08. The van der Waals surface area contributed by atoms with Crippen molar-refractivity contribution in [3.8, 4) is 0 Å². The highest BCUT2D eigenvalue weighted by atomic mass is 16.4. The Morgan fingerprint density at radius 2 is 2.38 bits per heavy atom. The summed E-state index contributed by atoms with van der Waals surface area (Å²) in [7, 11) is 0. The van der Waals surface area contributed by atoms with Crippen molar-refractivity contribution in [1.82, 2.24) is 10.2 Å². The van der Waals surface area contributed by atoms with Crippen LogP contribution in [0.1, 0.15) is 36.5 Å². The van der Waals surface area contributed by atoms with Crippen LogP contribution in [-0.4, -0.2) is 27.8 Å². The van der Waals surface area contributed by atoms with Crippen LogP contribution in [0.15, 0.2) is 12.3 Å². The van der Waals surface area contributed by atoms with E-state index in [4.69, 9.17) is 5.11 Å². The summed E-state index contributed by atoms with van der Waals surface area (Å²) < 4.78 is 0. The average Bonchev–Trinajstić information content (AvgIpc) is 2.24. The van der Waals surface area contributed by atoms with E-state index in [1.165, 1.54) is 31.5 Å². The molecule has 0 spiro atoms. The molecular formula is C11H15N3O2. The molecule has 5 heteroatoms. The second-order valence-electron chi connectivity index (χ2n) is 4.62. The zero-order valence-electron chi connectivity index (χ0n) is 9.23. The molecule has 1 saturated carbocycles. The molecule has 0 aromatic carbocycles. The lowest BCUT2D eigenvalue weighted by molar-refractivity contribution is 0.0697. The molecule has 16 heavy (non-hydrogen) atoms. The second-order valence-corrected chi connectivity index (χ2v) is 4.62. The topological polar surface area (TPSA) is 75.1 Å². The molecular weight excluding hydrogens is 206 g/mol. The standard InChI is InChI=1S/C11H15N3O2/c1-11(4-2-5-11)7-12-9-8(10(15)16)3-6-13-14-9/h3,6H,2,4-5,7H2,1H3,(H,12,14)(H,15,16). The van der Waals surface area contributed by atoms with Gasteiger partial charge in [-0.05, 0) is 24.3 Å². The number of anilines is 1. The van der Waals surface area contributed by atoms with Gasteiger partial charge in [0.1, 0.15) is 5.56 Å². The van der Waals surface area contributed by atoms with Gasteiger partial charge in [0.25, 0.3) is 0 Å². The Kier molecular flexibility index (Phi) is 2.77. The third-order valence-electron chi connectivity index (χ3n) is 3.19. The van der Waals surface area contributed by atoms with E-state index in [-0.39, 0.29) is 11.0 Å². The molecule has 0 unspecified atom stereocenters. The number of nitrogens with one attached hydrogen (secondary N) is 1. The quantitative estimate of drug-likeness (QED) is 0.810. The fourth-order valence-corrected chi connectivity index (χ4v) is 1.89. The van der Waals surface area contributed by atoms with E-state index in [9.17, 15) is 4.79 Å². The van der Waals surface area contributed by atoms with Gasteiger partial charge in [-0.1, -0.05) is 13.3 Å². The van der Waals surface area contributed by atoms with E-state index in [1.807, 2.05) is 0 Å². The molecule has 0 saturated heterocycles. The maximum Gasteiger partial charge on any atom is 0.339 e. The zero-order valence-corrected chi connectivity index (χ0v) is 9.23. The Hall–Kier alpha value is -1.65. The summed E-state index contributed by atoms with van der Waals surface area (Å²) in [5.74, 6) is -0.612. The third-order valence-corrected chi connectivity index (χ3v) is 3.19. The minimum absolute atomic E-state index is 0.179. The van der Waals surface area contributed by atoms with Crippen LogP contribution >= 0.6 is 0 Å². The molecule has 0 bridgehead atoms. The van der Waals surface area contributed by atoms with E-state index < -0.39 is 5.97 Å². The summed E-state index contributed by atoms with van der Waals surface area (Å²) in [5.41, 5.74) is 0.464. The van der Waals surface area contributed by atoms with E-state index in [2.05, 4.69) is 22.4 Å². The Balaban J connectivity index is 2.06. The normalized spacial score (nSPS) is 17.6. The molecule has 1 heterocycles. The van der Waals surface area contributed by atoms with Gasteiger partial charge < -0.3 is 10.4 Å². The van der Waals surface area contributed by atoms with Gasteiger partial charge in [-0.2, -0.15) is 5.10 Å². The minimum Gasteiger partial charge on any atom is -0.478 e. The van der Waals surface area contributed by atoms with Gasteiger partial charge in [-0.25, -0.2) is 4.79 Å². The molecule has 5 nitrogen and oxygen atoms in total. The highest BCUT2D eigenvalue weighted by molar-refractivity contribution is 5.92. The summed E-state index contributed by atoms with van der Waals surface area (Å²) >= 11 is 0. The van der Waals surface area contributed by atoms with Crippen molar-refractivity contribution in [2.24, 2.45) is 5.41 Å². The Bertz CT molecular complexity index is 402. The highest BCUT2D eigenvalue weighted by Crippen LogP contribution is 2.40. The largest absolute Gasteiger partial charge is 0.478 e. The maximum absolute atomic E-state index is 10.9. The number of nitrogens with zero attached hydrogens (tertiary/aromatic N) is 2. The lowest BCUT2D eigenvalue weighted by Gasteiger charge is -2.38. The number of hydrogen-bond donors (Lipinski definition) is 2. The first kappa shape index (κ1) is 10.9. The van der Waals surface area contributed by atoms with Gasteiger partial charge in [0, 0.05) is 6.54 Å². The van der Waals surface area contributed by atoms with Crippen molar-refractivity contribution < 1.29 is 9.90 Å². The molecule has 0 radical (unpaired) electrons. The van der Waals surface area contributed by atoms with Crippen LogP contribution in [0.2, 0.25) is 0 Å². The van der Waals surface area contributed by atoms with E-state index >= 15 is 0 Å². The molecule has 1 aromatic heterocycles. The molecule has 2 N–H and O–H groups in total. The highest BCUT2D eigenvalue weighted by Gasteiger charge is 2.31. The number of carboxylic acids is 1. The van der Waals surface area contributed by atoms with Gasteiger partial charge in [-0.15, -0.1) is 5.10 Å². The van der Waals surface area contributed by atoms with E-state index in [0.717, 1.165) is 6.54 Å². The first-order chi connectivity index (χ1) is 7.61. The van der Waals surface area contributed by atoms with E-state index in [1.54, 1.807) is 0 Å². The Morgan fingerprint density at radius 1 is 1.62 bits per heavy atom. The monoisotopic (exact) mass is 221 g/mol. The van der Waals surface area contributed by atoms with Crippen molar-refractivity contribution in [2.45, 2.75) is 26.2 Å². The van der Waals surface area contributed by atoms with Crippen molar-refractivity contribution in [3.05, 3.63) is 17.8 Å². The Labute approximate surface area is 93.9 Å². The van der Waals surface area contributed by atoms with Crippen LogP contribution in [0.25, 0.3) is 0 Å². The van der Waals surface area contributed by atoms with Crippen molar-refractivity contribution in [2.75, 3.05) is 11.9 Å². The van der Waals surface area contributed by atoms with Crippen LogP contribution in [0.3, 0.4) is 0 Å². The summed E-state index contributed by atoms with van der Waals surface area (Å²) in [6.45, 7) is 2.95. The number of rotatable bonds is 4. The summed E-state index contributed by atoms with van der Waals surface area (Å²) in [5, 5.41) is 19.6.